The van der Waals surface area contributed by atoms with Gasteiger partial charge in [0.1, 0.15) is 0 Å². The number of hydrogen-bond acceptors (Lipinski definition) is 3. The van der Waals surface area contributed by atoms with E-state index in [1.54, 1.807) is 0 Å². The molecule has 0 N–H and O–H groups in total. The van der Waals surface area contributed by atoms with E-state index in [-0.39, 0.29) is 11.7 Å². The fourth-order valence-electron chi connectivity index (χ4n) is 2.08. The molecule has 82 valence electrons. The van der Waals surface area contributed by atoms with Crippen LogP contribution in [0.1, 0.15) is 38.5 Å². The predicted molar refractivity (Wildman–Crippen MR) is 54.0 cm³/mol. The average molecular weight is 200 g/mol. The van der Waals surface area contributed by atoms with Crippen molar-refractivity contribution in [1.29, 1.82) is 0 Å². The fraction of sp³-hybridized carbons (Fsp3) is 0.909. The van der Waals surface area contributed by atoms with Crippen LogP contribution in [0.2, 0.25) is 0 Å². The summed E-state index contributed by atoms with van der Waals surface area (Å²) in [5.41, 5.74) is 0. The lowest BCUT2D eigenvalue weighted by atomic mass is 9.95. The van der Waals surface area contributed by atoms with E-state index in [1.807, 2.05) is 0 Å². The monoisotopic (exact) mass is 200 g/mol. The van der Waals surface area contributed by atoms with Crippen molar-refractivity contribution in [2.24, 2.45) is 5.92 Å². The Kier molecular flexibility index (Phi) is 5.12. The Morgan fingerprint density at radius 3 is 2.00 bits per heavy atom. The predicted octanol–water partition coefficient (Wildman–Crippen LogP) is 2.14. The maximum Gasteiger partial charge on any atom is 0.217 e. The van der Waals surface area contributed by atoms with E-state index < -0.39 is 6.29 Å². The highest BCUT2D eigenvalue weighted by Crippen LogP contribution is 2.24. The minimum absolute atomic E-state index is 0.122. The van der Waals surface area contributed by atoms with Crippen LogP contribution < -0.4 is 0 Å². The van der Waals surface area contributed by atoms with E-state index in [0.29, 0.717) is 0 Å². The Morgan fingerprint density at radius 1 is 1.07 bits per heavy atom. The molecule has 0 aliphatic heterocycles. The van der Waals surface area contributed by atoms with Gasteiger partial charge in [0.2, 0.25) is 6.29 Å². The first-order chi connectivity index (χ1) is 6.79. The highest BCUT2D eigenvalue weighted by molar-refractivity contribution is 5.84. The molecule has 1 saturated carbocycles. The van der Waals surface area contributed by atoms with Gasteiger partial charge in [-0.25, -0.2) is 0 Å². The summed E-state index contributed by atoms with van der Waals surface area (Å²) in [5, 5.41) is 0. The zero-order valence-corrected chi connectivity index (χ0v) is 9.12. The molecule has 0 unspecified atom stereocenters. The SMILES string of the molecule is COC(OC)C(=O)C1CCCCCC1. The third-order valence-electron chi connectivity index (χ3n) is 2.92. The van der Waals surface area contributed by atoms with E-state index >= 15 is 0 Å². The lowest BCUT2D eigenvalue weighted by Gasteiger charge is -2.18. The average Bonchev–Trinajstić information content (AvgIpc) is 2.47. The number of methoxy groups -OCH3 is 2. The van der Waals surface area contributed by atoms with Crippen molar-refractivity contribution in [2.45, 2.75) is 44.8 Å². The summed E-state index contributed by atoms with van der Waals surface area (Å²) in [6, 6.07) is 0. The minimum atomic E-state index is -0.655. The van der Waals surface area contributed by atoms with Crippen LogP contribution in [0.3, 0.4) is 0 Å². The Bertz CT molecular complexity index is 167. The van der Waals surface area contributed by atoms with E-state index in [4.69, 9.17) is 9.47 Å². The number of rotatable bonds is 4. The summed E-state index contributed by atoms with van der Waals surface area (Å²) >= 11 is 0. The van der Waals surface area contributed by atoms with Gasteiger partial charge in [-0.3, -0.25) is 4.79 Å². The molecule has 0 spiro atoms. The number of Topliss-reactive ketones (excluding diaryl/α,β-unsaturated/α-hetero) is 1. The van der Waals surface area contributed by atoms with Crippen LogP contribution in [0.5, 0.6) is 0 Å². The standard InChI is InChI=1S/C11H20O3/c1-13-11(14-2)10(12)9-7-5-3-4-6-8-9/h9,11H,3-8H2,1-2H3. The van der Waals surface area contributed by atoms with Gasteiger partial charge in [-0.1, -0.05) is 25.7 Å². The van der Waals surface area contributed by atoms with Crippen molar-refractivity contribution < 1.29 is 14.3 Å². The highest BCUT2D eigenvalue weighted by Gasteiger charge is 2.27. The van der Waals surface area contributed by atoms with Crippen molar-refractivity contribution in [2.75, 3.05) is 14.2 Å². The molecule has 0 saturated heterocycles. The lowest BCUT2D eigenvalue weighted by molar-refractivity contribution is -0.161. The van der Waals surface area contributed by atoms with Gasteiger partial charge in [0.15, 0.2) is 5.78 Å². The number of hydrogen-bond donors (Lipinski definition) is 0. The maximum atomic E-state index is 11.9. The van der Waals surface area contributed by atoms with Crippen molar-refractivity contribution >= 4 is 5.78 Å². The molecule has 0 radical (unpaired) electrons. The molecule has 0 heterocycles. The summed E-state index contributed by atoms with van der Waals surface area (Å²) < 4.78 is 9.97. The van der Waals surface area contributed by atoms with E-state index in [1.165, 1.54) is 27.1 Å². The van der Waals surface area contributed by atoms with Crippen LogP contribution in [0.25, 0.3) is 0 Å². The third-order valence-corrected chi connectivity index (χ3v) is 2.92. The molecule has 1 aliphatic carbocycles. The summed E-state index contributed by atoms with van der Waals surface area (Å²) in [5.74, 6) is 0.277. The van der Waals surface area contributed by atoms with E-state index in [2.05, 4.69) is 0 Å². The zero-order valence-electron chi connectivity index (χ0n) is 9.12. The Balaban J connectivity index is 2.48. The second-order valence-corrected chi connectivity index (χ2v) is 3.89. The quantitative estimate of drug-likeness (QED) is 0.515. The smallest absolute Gasteiger partial charge is 0.217 e. The first-order valence-electron chi connectivity index (χ1n) is 5.39. The molecule has 3 nitrogen and oxygen atoms in total. The van der Waals surface area contributed by atoms with Crippen molar-refractivity contribution in [3.8, 4) is 0 Å². The summed E-state index contributed by atoms with van der Waals surface area (Å²) in [6.07, 6.45) is 6.19. The third kappa shape index (κ3) is 3.07. The molecule has 14 heavy (non-hydrogen) atoms. The van der Waals surface area contributed by atoms with E-state index in [9.17, 15) is 4.79 Å². The van der Waals surface area contributed by atoms with Gasteiger partial charge >= 0.3 is 0 Å². The summed E-state index contributed by atoms with van der Waals surface area (Å²) in [7, 11) is 3.03. The first-order valence-corrected chi connectivity index (χ1v) is 5.39. The van der Waals surface area contributed by atoms with E-state index in [0.717, 1.165) is 25.7 Å². The van der Waals surface area contributed by atoms with Gasteiger partial charge in [0.05, 0.1) is 0 Å². The van der Waals surface area contributed by atoms with Crippen LogP contribution in [0, 0.1) is 5.92 Å². The van der Waals surface area contributed by atoms with Crippen LogP contribution in [0.15, 0.2) is 0 Å². The van der Waals surface area contributed by atoms with Gasteiger partial charge in [-0.05, 0) is 12.8 Å². The van der Waals surface area contributed by atoms with Crippen LogP contribution in [-0.4, -0.2) is 26.3 Å². The molecule has 0 atom stereocenters. The van der Waals surface area contributed by atoms with Gasteiger partial charge in [-0.2, -0.15) is 0 Å². The van der Waals surface area contributed by atoms with Crippen molar-refractivity contribution in [3.05, 3.63) is 0 Å². The molecular formula is C11H20O3. The second-order valence-electron chi connectivity index (χ2n) is 3.89. The Hall–Kier alpha value is -0.410. The molecule has 0 aromatic heterocycles. The Morgan fingerprint density at radius 2 is 1.57 bits per heavy atom. The Labute approximate surface area is 85.8 Å². The van der Waals surface area contributed by atoms with Crippen molar-refractivity contribution in [3.63, 3.8) is 0 Å². The molecule has 0 bridgehead atoms. The molecule has 1 rings (SSSR count). The topological polar surface area (TPSA) is 35.5 Å². The highest BCUT2D eigenvalue weighted by atomic mass is 16.7. The molecule has 0 aromatic carbocycles. The summed E-state index contributed by atoms with van der Waals surface area (Å²) in [6.45, 7) is 0. The lowest BCUT2D eigenvalue weighted by Crippen LogP contribution is -2.31. The van der Waals surface area contributed by atoms with Crippen LogP contribution in [-0.2, 0) is 14.3 Å². The molecular weight excluding hydrogens is 180 g/mol. The number of carbonyl (C=O) groups is 1. The number of ether oxygens (including phenoxy) is 2. The largest absolute Gasteiger partial charge is 0.349 e. The summed E-state index contributed by atoms with van der Waals surface area (Å²) in [4.78, 5) is 11.9. The number of carbonyl (C=O) groups excluding carboxylic acids is 1. The molecule has 0 aromatic rings. The normalized spacial score (nSPS) is 19.6. The fourth-order valence-corrected chi connectivity index (χ4v) is 2.08. The van der Waals surface area contributed by atoms with Crippen LogP contribution in [0.4, 0.5) is 0 Å². The zero-order chi connectivity index (χ0) is 10.4. The molecule has 1 fully saturated rings. The second kappa shape index (κ2) is 6.14. The molecule has 1 aliphatic rings. The van der Waals surface area contributed by atoms with Gasteiger partial charge < -0.3 is 9.47 Å². The van der Waals surface area contributed by atoms with Gasteiger partial charge in [0, 0.05) is 20.1 Å². The van der Waals surface area contributed by atoms with Gasteiger partial charge in [0.25, 0.3) is 0 Å². The van der Waals surface area contributed by atoms with Crippen LogP contribution >= 0.6 is 0 Å². The van der Waals surface area contributed by atoms with Gasteiger partial charge in [-0.15, -0.1) is 0 Å². The molecule has 3 heteroatoms. The maximum absolute atomic E-state index is 11.9. The number of ketones is 1. The molecule has 0 amide bonds. The minimum Gasteiger partial charge on any atom is -0.349 e. The first kappa shape index (κ1) is 11.7. The van der Waals surface area contributed by atoms with Crippen molar-refractivity contribution in [1.82, 2.24) is 0 Å².